The molecule has 2 aromatic carbocycles. The molecule has 0 saturated carbocycles. The van der Waals surface area contributed by atoms with Crippen molar-refractivity contribution in [2.75, 3.05) is 0 Å². The van der Waals surface area contributed by atoms with Gasteiger partial charge in [-0.25, -0.2) is 0 Å². The number of hydrogen-bond donors (Lipinski definition) is 0. The average molecular weight is 230 g/mol. The highest BCUT2D eigenvalue weighted by Gasteiger charge is 2.13. The lowest BCUT2D eigenvalue weighted by atomic mass is 9.96. The van der Waals surface area contributed by atoms with E-state index in [0.29, 0.717) is 0 Å². The minimum Gasteiger partial charge on any atom is -0.103 e. The van der Waals surface area contributed by atoms with Crippen molar-refractivity contribution < 1.29 is 0 Å². The van der Waals surface area contributed by atoms with E-state index in [9.17, 15) is 0 Å². The second kappa shape index (κ2) is 4.66. The van der Waals surface area contributed by atoms with E-state index in [2.05, 4.69) is 67.6 Å². The van der Waals surface area contributed by atoms with Gasteiger partial charge in [0.15, 0.2) is 0 Å². The lowest BCUT2D eigenvalue weighted by Gasteiger charge is -2.08. The van der Waals surface area contributed by atoms with Crippen molar-refractivity contribution in [1.82, 2.24) is 0 Å². The third kappa shape index (κ3) is 1.91. The van der Waals surface area contributed by atoms with Gasteiger partial charge in [-0.3, -0.25) is 0 Å². The predicted octanol–water partition coefficient (Wildman–Crippen LogP) is 4.59. The van der Waals surface area contributed by atoms with Gasteiger partial charge in [0.25, 0.3) is 0 Å². The monoisotopic (exact) mass is 230 g/mol. The summed E-state index contributed by atoms with van der Waals surface area (Å²) in [4.78, 5) is 0. The van der Waals surface area contributed by atoms with Gasteiger partial charge in [0.2, 0.25) is 0 Å². The van der Waals surface area contributed by atoms with Gasteiger partial charge in [-0.15, -0.1) is 6.58 Å². The maximum Gasteiger partial charge on any atom is 0.0514 e. The molecule has 0 aliphatic heterocycles. The Morgan fingerprint density at radius 1 is 0.944 bits per heavy atom. The summed E-state index contributed by atoms with van der Waals surface area (Å²) in [6.45, 7) is 3.85. The van der Waals surface area contributed by atoms with Gasteiger partial charge < -0.3 is 0 Å². The number of allylic oxidation sites excluding steroid dienone is 2. The van der Waals surface area contributed by atoms with Gasteiger partial charge in [0.1, 0.15) is 0 Å². The summed E-state index contributed by atoms with van der Waals surface area (Å²) in [5, 5.41) is 0. The van der Waals surface area contributed by atoms with E-state index in [1.807, 2.05) is 6.08 Å². The summed E-state index contributed by atoms with van der Waals surface area (Å²) >= 11 is 0. The Bertz CT molecular complexity index is 617. The first kappa shape index (κ1) is 11.0. The topological polar surface area (TPSA) is 0 Å². The van der Waals surface area contributed by atoms with Crippen molar-refractivity contribution in [2.45, 2.75) is 6.42 Å². The Labute approximate surface area is 108 Å². The Hall–Kier alpha value is -2.08. The van der Waals surface area contributed by atoms with Crippen molar-refractivity contribution in [3.8, 4) is 0 Å². The van der Waals surface area contributed by atoms with Crippen molar-refractivity contribution in [1.29, 1.82) is 0 Å². The average Bonchev–Trinajstić information content (AvgIpc) is 2.56. The molecule has 0 spiro atoms. The third-order valence-electron chi connectivity index (χ3n) is 3.20. The van der Waals surface area contributed by atoms with Crippen LogP contribution in [-0.4, -0.2) is 0 Å². The van der Waals surface area contributed by atoms with E-state index >= 15 is 0 Å². The highest BCUT2D eigenvalue weighted by molar-refractivity contribution is 5.87. The fourth-order valence-electron chi connectivity index (χ4n) is 2.34. The molecule has 0 amide bonds. The molecule has 0 unspecified atom stereocenters. The molecule has 0 N–H and O–H groups in total. The first-order chi connectivity index (χ1) is 8.88. The molecule has 0 fully saturated rings. The Morgan fingerprint density at radius 3 is 2.50 bits per heavy atom. The first-order valence-electron chi connectivity index (χ1n) is 6.15. The molecule has 1 aliphatic carbocycles. The normalized spacial score (nSPS) is 13.0. The maximum atomic E-state index is 3.85. The van der Waals surface area contributed by atoms with Gasteiger partial charge in [0.05, 0.1) is 6.42 Å². The van der Waals surface area contributed by atoms with Crippen LogP contribution >= 0.6 is 0 Å². The molecule has 0 saturated heterocycles. The molecular weight excluding hydrogens is 216 g/mol. The van der Waals surface area contributed by atoms with Crippen LogP contribution in [0.25, 0.3) is 11.6 Å². The molecule has 0 atom stereocenters. The molecule has 1 aliphatic rings. The third-order valence-corrected chi connectivity index (χ3v) is 3.20. The molecule has 0 bridgehead atoms. The fraction of sp³-hybridized carbons (Fsp3) is 0.0556. The number of benzene rings is 2. The Balaban J connectivity index is 2.22. The van der Waals surface area contributed by atoms with Crippen LogP contribution in [0.15, 0.2) is 61.2 Å². The van der Waals surface area contributed by atoms with Crippen molar-refractivity contribution in [2.24, 2.45) is 0 Å². The number of rotatable bonds is 2. The van der Waals surface area contributed by atoms with Crippen molar-refractivity contribution in [3.63, 3.8) is 0 Å². The predicted molar refractivity (Wildman–Crippen MR) is 77.0 cm³/mol. The molecule has 18 heavy (non-hydrogen) atoms. The zero-order chi connectivity index (χ0) is 12.4. The van der Waals surface area contributed by atoms with Gasteiger partial charge in [-0.2, -0.15) is 0 Å². The summed E-state index contributed by atoms with van der Waals surface area (Å²) in [5.41, 5.74) is 6.11. The molecule has 0 heteroatoms. The Kier molecular flexibility index (Phi) is 2.85. The molecule has 0 aromatic heterocycles. The summed E-state index contributed by atoms with van der Waals surface area (Å²) in [6, 6.07) is 16.8. The Morgan fingerprint density at radius 2 is 1.67 bits per heavy atom. The molecular formula is C18H14. The molecule has 0 nitrogen and oxygen atoms in total. The van der Waals surface area contributed by atoms with Crippen LogP contribution in [0.1, 0.15) is 28.7 Å². The van der Waals surface area contributed by atoms with Crippen LogP contribution < -0.4 is 0 Å². The molecule has 86 valence electrons. The van der Waals surface area contributed by atoms with Crippen LogP contribution in [0.5, 0.6) is 0 Å². The second-order valence-corrected chi connectivity index (χ2v) is 4.42. The summed E-state index contributed by atoms with van der Waals surface area (Å²) in [6.07, 6.45) is 8.59. The SMILES string of the molecule is C=CCC1=Cc2ccccc2[C]c2ccccc21. The minimum absolute atomic E-state index is 0.882. The summed E-state index contributed by atoms with van der Waals surface area (Å²) in [5.74, 6) is 0. The fourth-order valence-corrected chi connectivity index (χ4v) is 2.34. The second-order valence-electron chi connectivity index (χ2n) is 4.42. The van der Waals surface area contributed by atoms with Crippen LogP contribution in [0, 0.1) is 6.42 Å². The summed E-state index contributed by atoms with van der Waals surface area (Å²) < 4.78 is 0. The van der Waals surface area contributed by atoms with Crippen LogP contribution in [-0.2, 0) is 0 Å². The van der Waals surface area contributed by atoms with E-state index in [4.69, 9.17) is 0 Å². The van der Waals surface area contributed by atoms with Gasteiger partial charge in [-0.1, -0.05) is 60.7 Å². The first-order valence-corrected chi connectivity index (χ1v) is 6.15. The lowest BCUT2D eigenvalue weighted by Crippen LogP contribution is -1.90. The molecule has 2 aromatic rings. The van der Waals surface area contributed by atoms with Crippen molar-refractivity contribution >= 4 is 11.6 Å². The standard InChI is InChI=1S/C18H14/c1-2-7-16-12-14-8-3-4-9-15(14)13-17-10-5-6-11-18(16)17/h2-6,8-12H,1,7H2. The van der Waals surface area contributed by atoms with Crippen LogP contribution in [0.4, 0.5) is 0 Å². The van der Waals surface area contributed by atoms with E-state index in [1.165, 1.54) is 16.7 Å². The van der Waals surface area contributed by atoms with Crippen LogP contribution in [0.3, 0.4) is 0 Å². The highest BCUT2D eigenvalue weighted by atomic mass is 14.2. The van der Waals surface area contributed by atoms with E-state index < -0.39 is 0 Å². The summed E-state index contributed by atoms with van der Waals surface area (Å²) in [7, 11) is 0. The van der Waals surface area contributed by atoms with Crippen LogP contribution in [0.2, 0.25) is 0 Å². The lowest BCUT2D eigenvalue weighted by molar-refractivity contribution is 1.37. The van der Waals surface area contributed by atoms with Gasteiger partial charge in [-0.05, 0) is 34.2 Å². The molecule has 2 radical (unpaired) electrons. The zero-order valence-corrected chi connectivity index (χ0v) is 10.2. The van der Waals surface area contributed by atoms with E-state index in [-0.39, 0.29) is 0 Å². The van der Waals surface area contributed by atoms with Gasteiger partial charge >= 0.3 is 0 Å². The van der Waals surface area contributed by atoms with Crippen molar-refractivity contribution in [3.05, 3.63) is 89.9 Å². The maximum absolute atomic E-state index is 3.85. The minimum atomic E-state index is 0.882. The smallest absolute Gasteiger partial charge is 0.0514 e. The van der Waals surface area contributed by atoms with Gasteiger partial charge in [0, 0.05) is 0 Å². The zero-order valence-electron chi connectivity index (χ0n) is 10.2. The molecule has 3 rings (SSSR count). The number of hydrogen-bond acceptors (Lipinski definition) is 0. The molecule has 0 heterocycles. The largest absolute Gasteiger partial charge is 0.103 e. The quantitative estimate of drug-likeness (QED) is 0.662. The number of fused-ring (bicyclic) bond motifs is 2. The highest BCUT2D eigenvalue weighted by Crippen LogP contribution is 2.32. The van der Waals surface area contributed by atoms with E-state index in [0.717, 1.165) is 17.5 Å². The van der Waals surface area contributed by atoms with E-state index in [1.54, 1.807) is 0 Å².